The smallest absolute Gasteiger partial charge is 0.250 e. The molecule has 1 aliphatic rings. The summed E-state index contributed by atoms with van der Waals surface area (Å²) in [6.07, 6.45) is 4.91. The summed E-state index contributed by atoms with van der Waals surface area (Å²) in [6, 6.07) is 6.20. The molecule has 0 bridgehead atoms. The van der Waals surface area contributed by atoms with Crippen LogP contribution in [0.5, 0.6) is 0 Å². The van der Waals surface area contributed by atoms with Gasteiger partial charge in [0.05, 0.1) is 10.6 Å². The minimum absolute atomic E-state index is 0.348. The van der Waals surface area contributed by atoms with E-state index in [9.17, 15) is 4.79 Å². The van der Waals surface area contributed by atoms with Crippen molar-refractivity contribution in [1.82, 2.24) is 5.32 Å². The molecule has 0 aliphatic carbocycles. The number of hydrogen-bond donors (Lipinski definition) is 3. The summed E-state index contributed by atoms with van der Waals surface area (Å²) in [4.78, 5) is 11.1. The Kier molecular flexibility index (Phi) is 5.26. The highest BCUT2D eigenvalue weighted by molar-refractivity contribution is 6.34. The Balaban J connectivity index is 1.92. The molecule has 1 saturated heterocycles. The van der Waals surface area contributed by atoms with Crippen LogP contribution in [0.2, 0.25) is 5.02 Å². The fourth-order valence-electron chi connectivity index (χ4n) is 2.70. The van der Waals surface area contributed by atoms with Gasteiger partial charge in [-0.05, 0) is 50.9 Å². The van der Waals surface area contributed by atoms with Gasteiger partial charge in [-0.25, -0.2) is 0 Å². The average Bonchev–Trinajstić information content (AvgIpc) is 2.39. The molecule has 5 heteroatoms. The molecule has 1 amide bonds. The maximum Gasteiger partial charge on any atom is 0.250 e. The van der Waals surface area contributed by atoms with Gasteiger partial charge in [-0.3, -0.25) is 4.79 Å². The number of halogens is 1. The van der Waals surface area contributed by atoms with Crippen LogP contribution in [-0.4, -0.2) is 24.5 Å². The molecule has 0 aromatic heterocycles. The van der Waals surface area contributed by atoms with Gasteiger partial charge >= 0.3 is 0 Å². The summed E-state index contributed by atoms with van der Waals surface area (Å²) < 4.78 is 0. The zero-order valence-corrected chi connectivity index (χ0v) is 12.5. The second-order valence-electron chi connectivity index (χ2n) is 5.49. The molecule has 2 rings (SSSR count). The molecule has 4 nitrogen and oxygen atoms in total. The second kappa shape index (κ2) is 6.95. The van der Waals surface area contributed by atoms with E-state index in [1.165, 1.54) is 19.3 Å². The fourth-order valence-corrected chi connectivity index (χ4v) is 2.97. The van der Waals surface area contributed by atoms with E-state index in [0.29, 0.717) is 22.7 Å². The Morgan fingerprint density at radius 1 is 1.55 bits per heavy atom. The van der Waals surface area contributed by atoms with Crippen LogP contribution < -0.4 is 16.4 Å². The zero-order valence-electron chi connectivity index (χ0n) is 11.8. The SMILES string of the molecule is CC(CC1CCCCN1)Nc1ccc(C(N)=O)c(Cl)c1. The third-order valence-corrected chi connectivity index (χ3v) is 4.01. The van der Waals surface area contributed by atoms with E-state index in [4.69, 9.17) is 17.3 Å². The van der Waals surface area contributed by atoms with Crippen molar-refractivity contribution in [2.24, 2.45) is 5.73 Å². The van der Waals surface area contributed by atoms with Crippen LogP contribution in [-0.2, 0) is 0 Å². The maximum absolute atomic E-state index is 11.1. The molecule has 1 aromatic rings. The first-order valence-electron chi connectivity index (χ1n) is 7.15. The minimum atomic E-state index is -0.499. The van der Waals surface area contributed by atoms with Crippen LogP contribution in [0.25, 0.3) is 0 Å². The molecule has 2 atom stereocenters. The molecule has 20 heavy (non-hydrogen) atoms. The molecule has 1 heterocycles. The number of hydrogen-bond acceptors (Lipinski definition) is 3. The Morgan fingerprint density at radius 2 is 2.35 bits per heavy atom. The van der Waals surface area contributed by atoms with Crippen LogP contribution in [0.15, 0.2) is 18.2 Å². The van der Waals surface area contributed by atoms with Crippen molar-refractivity contribution in [1.29, 1.82) is 0 Å². The summed E-state index contributed by atoms with van der Waals surface area (Å²) in [5.74, 6) is -0.499. The number of nitrogens with two attached hydrogens (primary N) is 1. The number of amides is 1. The summed E-state index contributed by atoms with van der Waals surface area (Å²) in [5, 5.41) is 7.36. The first kappa shape index (κ1) is 15.1. The highest BCUT2D eigenvalue weighted by Gasteiger charge is 2.16. The molecule has 0 spiro atoms. The van der Waals surface area contributed by atoms with Gasteiger partial charge in [-0.1, -0.05) is 18.0 Å². The van der Waals surface area contributed by atoms with Crippen LogP contribution in [0, 0.1) is 0 Å². The number of primary amides is 1. The summed E-state index contributed by atoms with van der Waals surface area (Å²) >= 11 is 6.05. The molecule has 1 aromatic carbocycles. The monoisotopic (exact) mass is 295 g/mol. The van der Waals surface area contributed by atoms with E-state index in [0.717, 1.165) is 18.7 Å². The number of anilines is 1. The number of carbonyl (C=O) groups excluding carboxylic acids is 1. The first-order valence-corrected chi connectivity index (χ1v) is 7.53. The Hall–Kier alpha value is -1.26. The predicted octanol–water partition coefficient (Wildman–Crippen LogP) is 2.77. The first-order chi connectivity index (χ1) is 9.56. The Labute approximate surface area is 125 Å². The molecular formula is C15H22ClN3O. The van der Waals surface area contributed by atoms with Crippen molar-refractivity contribution in [3.8, 4) is 0 Å². The number of carbonyl (C=O) groups is 1. The summed E-state index contributed by atoms with van der Waals surface area (Å²) in [5.41, 5.74) is 6.52. The third-order valence-electron chi connectivity index (χ3n) is 3.70. The van der Waals surface area contributed by atoms with Gasteiger partial charge in [-0.2, -0.15) is 0 Å². The number of benzene rings is 1. The lowest BCUT2D eigenvalue weighted by molar-refractivity contribution is 0.100. The van der Waals surface area contributed by atoms with Crippen molar-refractivity contribution in [2.45, 2.75) is 44.7 Å². The van der Waals surface area contributed by atoms with Crippen LogP contribution in [0.3, 0.4) is 0 Å². The molecule has 1 aliphatic heterocycles. The van der Waals surface area contributed by atoms with Gasteiger partial charge in [0.2, 0.25) is 5.91 Å². The topological polar surface area (TPSA) is 67.2 Å². The minimum Gasteiger partial charge on any atom is -0.382 e. The van der Waals surface area contributed by atoms with Gasteiger partial charge < -0.3 is 16.4 Å². The van der Waals surface area contributed by atoms with E-state index in [1.807, 2.05) is 6.07 Å². The lowest BCUT2D eigenvalue weighted by atomic mass is 9.98. The summed E-state index contributed by atoms with van der Waals surface area (Å²) in [7, 11) is 0. The molecule has 2 unspecified atom stereocenters. The van der Waals surface area contributed by atoms with E-state index >= 15 is 0 Å². The molecule has 110 valence electrons. The zero-order chi connectivity index (χ0) is 14.5. The molecule has 0 radical (unpaired) electrons. The van der Waals surface area contributed by atoms with Crippen molar-refractivity contribution in [3.63, 3.8) is 0 Å². The van der Waals surface area contributed by atoms with Gasteiger partial charge in [-0.15, -0.1) is 0 Å². The van der Waals surface area contributed by atoms with Crippen LogP contribution in [0.1, 0.15) is 43.0 Å². The van der Waals surface area contributed by atoms with Gasteiger partial charge in [0.15, 0.2) is 0 Å². The van der Waals surface area contributed by atoms with E-state index in [1.54, 1.807) is 12.1 Å². The quantitative estimate of drug-likeness (QED) is 0.782. The molecular weight excluding hydrogens is 274 g/mol. The average molecular weight is 296 g/mol. The molecule has 0 saturated carbocycles. The third kappa shape index (κ3) is 4.12. The lowest BCUT2D eigenvalue weighted by Crippen LogP contribution is -2.37. The number of nitrogens with one attached hydrogen (secondary N) is 2. The highest BCUT2D eigenvalue weighted by Crippen LogP contribution is 2.22. The van der Waals surface area contributed by atoms with E-state index < -0.39 is 5.91 Å². The van der Waals surface area contributed by atoms with Gasteiger partial charge in [0.1, 0.15) is 0 Å². The predicted molar refractivity (Wildman–Crippen MR) is 83.3 cm³/mol. The van der Waals surface area contributed by atoms with Crippen LogP contribution >= 0.6 is 11.6 Å². The van der Waals surface area contributed by atoms with Crippen LogP contribution in [0.4, 0.5) is 5.69 Å². The largest absolute Gasteiger partial charge is 0.382 e. The van der Waals surface area contributed by atoms with Crippen molar-refractivity contribution < 1.29 is 4.79 Å². The highest BCUT2D eigenvalue weighted by atomic mass is 35.5. The Morgan fingerprint density at radius 3 is 2.95 bits per heavy atom. The standard InChI is InChI=1S/C15H22ClN3O/c1-10(8-11-4-2-3-7-18-11)19-12-5-6-13(15(17)20)14(16)9-12/h5-6,9-11,18-19H,2-4,7-8H2,1H3,(H2,17,20). The number of rotatable bonds is 5. The fraction of sp³-hybridized carbons (Fsp3) is 0.533. The van der Waals surface area contributed by atoms with Crippen molar-refractivity contribution in [3.05, 3.63) is 28.8 Å². The maximum atomic E-state index is 11.1. The van der Waals surface area contributed by atoms with E-state index in [2.05, 4.69) is 17.6 Å². The molecule has 4 N–H and O–H groups in total. The van der Waals surface area contributed by atoms with Crippen molar-refractivity contribution in [2.75, 3.05) is 11.9 Å². The Bertz CT molecular complexity index is 472. The molecule has 1 fully saturated rings. The number of piperidine rings is 1. The second-order valence-corrected chi connectivity index (χ2v) is 5.89. The van der Waals surface area contributed by atoms with Crippen molar-refractivity contribution >= 4 is 23.2 Å². The normalized spacial score (nSPS) is 20.4. The van der Waals surface area contributed by atoms with E-state index in [-0.39, 0.29) is 0 Å². The lowest BCUT2D eigenvalue weighted by Gasteiger charge is -2.27. The van der Waals surface area contributed by atoms with Gasteiger partial charge in [0, 0.05) is 17.8 Å². The summed E-state index contributed by atoms with van der Waals surface area (Å²) in [6.45, 7) is 3.28. The van der Waals surface area contributed by atoms with Gasteiger partial charge in [0.25, 0.3) is 0 Å².